The molecule has 1 saturated heterocycles. The molecule has 106 valence electrons. The van der Waals surface area contributed by atoms with Gasteiger partial charge in [0.25, 0.3) is 5.91 Å². The van der Waals surface area contributed by atoms with Crippen molar-refractivity contribution in [2.45, 2.75) is 24.5 Å². The van der Waals surface area contributed by atoms with Crippen LogP contribution in [0, 0.1) is 17.8 Å². The molecule has 2 saturated carbocycles. The summed E-state index contributed by atoms with van der Waals surface area (Å²) in [5.41, 5.74) is -0.616. The van der Waals surface area contributed by atoms with Crippen LogP contribution in [0.1, 0.15) is 18.4 Å². The molecule has 0 spiro atoms. The molecule has 0 aromatic heterocycles. The van der Waals surface area contributed by atoms with E-state index in [0.717, 1.165) is 31.5 Å². The van der Waals surface area contributed by atoms with Gasteiger partial charge in [0, 0.05) is 25.0 Å². The maximum Gasteiger partial charge on any atom is 0.257 e. The van der Waals surface area contributed by atoms with Crippen LogP contribution in [-0.4, -0.2) is 30.1 Å². The van der Waals surface area contributed by atoms with Gasteiger partial charge in [-0.1, -0.05) is 30.3 Å². The molecule has 1 aliphatic heterocycles. The minimum atomic E-state index is -1.34. The number of hydrogen-bond donors (Lipinski definition) is 3. The number of amides is 1. The van der Waals surface area contributed by atoms with Crippen LogP contribution < -0.4 is 10.6 Å². The molecular formula is C16H20N2O2. The zero-order chi connectivity index (χ0) is 13.7. The smallest absolute Gasteiger partial charge is 0.257 e. The Kier molecular flexibility index (Phi) is 2.66. The van der Waals surface area contributed by atoms with Crippen molar-refractivity contribution in [3.05, 3.63) is 35.9 Å². The van der Waals surface area contributed by atoms with Crippen molar-refractivity contribution < 1.29 is 9.90 Å². The number of carbonyl (C=O) groups is 1. The van der Waals surface area contributed by atoms with Crippen LogP contribution in [-0.2, 0) is 10.4 Å². The fourth-order valence-corrected chi connectivity index (χ4v) is 3.64. The number of nitrogens with one attached hydrogen (secondary N) is 2. The Morgan fingerprint density at radius 3 is 2.45 bits per heavy atom. The maximum absolute atomic E-state index is 12.6. The highest BCUT2D eigenvalue weighted by Gasteiger charge is 2.57. The van der Waals surface area contributed by atoms with Gasteiger partial charge in [-0.25, -0.2) is 0 Å². The van der Waals surface area contributed by atoms with Crippen molar-refractivity contribution in [3.63, 3.8) is 0 Å². The molecule has 3 aliphatic rings. The van der Waals surface area contributed by atoms with Crippen LogP contribution in [0.15, 0.2) is 30.3 Å². The minimum Gasteiger partial charge on any atom is -0.375 e. The fraction of sp³-hybridized carbons (Fsp3) is 0.562. The monoisotopic (exact) mass is 272 g/mol. The largest absolute Gasteiger partial charge is 0.375 e. The van der Waals surface area contributed by atoms with Crippen LogP contribution in [0.5, 0.6) is 0 Å². The molecule has 4 atom stereocenters. The Morgan fingerprint density at radius 1 is 1.20 bits per heavy atom. The van der Waals surface area contributed by atoms with Crippen molar-refractivity contribution in [1.29, 1.82) is 0 Å². The van der Waals surface area contributed by atoms with Gasteiger partial charge in [0.1, 0.15) is 0 Å². The average Bonchev–Trinajstić information content (AvgIpc) is 3.38. The lowest BCUT2D eigenvalue weighted by molar-refractivity contribution is -0.143. The number of rotatable bonds is 4. The van der Waals surface area contributed by atoms with Crippen LogP contribution in [0.2, 0.25) is 0 Å². The average molecular weight is 272 g/mol. The van der Waals surface area contributed by atoms with Gasteiger partial charge in [0.2, 0.25) is 0 Å². The van der Waals surface area contributed by atoms with E-state index in [1.807, 2.05) is 30.3 Å². The summed E-state index contributed by atoms with van der Waals surface area (Å²) in [6, 6.07) is 9.64. The van der Waals surface area contributed by atoms with Gasteiger partial charge in [-0.2, -0.15) is 0 Å². The summed E-state index contributed by atoms with van der Waals surface area (Å²) >= 11 is 0. The summed E-state index contributed by atoms with van der Waals surface area (Å²) < 4.78 is 0. The Hall–Kier alpha value is -1.39. The van der Waals surface area contributed by atoms with Crippen LogP contribution in [0.25, 0.3) is 0 Å². The van der Waals surface area contributed by atoms with Gasteiger partial charge in [-0.05, 0) is 30.2 Å². The highest BCUT2D eigenvalue weighted by molar-refractivity contribution is 5.87. The van der Waals surface area contributed by atoms with E-state index < -0.39 is 5.60 Å². The normalized spacial score (nSPS) is 34.1. The summed E-state index contributed by atoms with van der Waals surface area (Å²) in [5.74, 6) is 1.00. The molecule has 1 amide bonds. The third-order valence-electron chi connectivity index (χ3n) is 5.12. The van der Waals surface area contributed by atoms with Crippen molar-refractivity contribution in [1.82, 2.24) is 10.6 Å². The lowest BCUT2D eigenvalue weighted by Gasteiger charge is -2.28. The van der Waals surface area contributed by atoms with Gasteiger partial charge in [-0.3, -0.25) is 4.79 Å². The molecule has 3 fully saturated rings. The quantitative estimate of drug-likeness (QED) is 0.753. The second kappa shape index (κ2) is 4.30. The van der Waals surface area contributed by atoms with Crippen molar-refractivity contribution in [2.24, 2.45) is 17.8 Å². The van der Waals surface area contributed by atoms with Crippen molar-refractivity contribution >= 4 is 5.91 Å². The predicted molar refractivity (Wildman–Crippen MR) is 74.8 cm³/mol. The van der Waals surface area contributed by atoms with Crippen LogP contribution in [0.4, 0.5) is 0 Å². The first-order valence-corrected chi connectivity index (χ1v) is 7.51. The van der Waals surface area contributed by atoms with Gasteiger partial charge in [0.15, 0.2) is 5.60 Å². The molecule has 2 aliphatic carbocycles. The number of benzene rings is 1. The molecule has 3 unspecified atom stereocenters. The first kappa shape index (κ1) is 12.4. The molecule has 3 N–H and O–H groups in total. The van der Waals surface area contributed by atoms with Gasteiger partial charge < -0.3 is 15.7 Å². The van der Waals surface area contributed by atoms with E-state index in [9.17, 15) is 9.90 Å². The molecule has 1 heterocycles. The van der Waals surface area contributed by atoms with Crippen LogP contribution >= 0.6 is 0 Å². The second-order valence-electron chi connectivity index (χ2n) is 6.39. The standard InChI is InChI=1S/C16H20N2O2/c19-15(18-14-12-8-17-9-13(12)14)16(20,11-6-7-11)10-4-2-1-3-5-10/h1-5,11-14,17,20H,6-9H2,(H,18,19)/t12-,13?,14?,16?/m0/s1. The minimum absolute atomic E-state index is 0.0709. The highest BCUT2D eigenvalue weighted by atomic mass is 16.3. The maximum atomic E-state index is 12.6. The lowest BCUT2D eigenvalue weighted by atomic mass is 9.87. The molecule has 20 heavy (non-hydrogen) atoms. The topological polar surface area (TPSA) is 61.4 Å². The van der Waals surface area contributed by atoms with E-state index in [0.29, 0.717) is 11.8 Å². The summed E-state index contributed by atoms with van der Waals surface area (Å²) in [6.45, 7) is 1.98. The van der Waals surface area contributed by atoms with Crippen molar-refractivity contribution in [3.8, 4) is 0 Å². The third kappa shape index (κ3) is 1.79. The Labute approximate surface area is 118 Å². The Balaban J connectivity index is 1.55. The molecule has 4 nitrogen and oxygen atoms in total. The summed E-state index contributed by atoms with van der Waals surface area (Å²) in [7, 11) is 0. The molecular weight excluding hydrogens is 252 g/mol. The molecule has 0 radical (unpaired) electrons. The zero-order valence-corrected chi connectivity index (χ0v) is 11.4. The van der Waals surface area contributed by atoms with E-state index in [-0.39, 0.29) is 17.9 Å². The molecule has 4 heteroatoms. The Morgan fingerprint density at radius 2 is 1.85 bits per heavy atom. The Bertz CT molecular complexity index is 519. The highest BCUT2D eigenvalue weighted by Crippen LogP contribution is 2.47. The second-order valence-corrected chi connectivity index (χ2v) is 6.39. The number of hydrogen-bond acceptors (Lipinski definition) is 3. The third-order valence-corrected chi connectivity index (χ3v) is 5.12. The molecule has 0 bridgehead atoms. The zero-order valence-electron chi connectivity index (χ0n) is 11.4. The first-order valence-electron chi connectivity index (χ1n) is 7.51. The number of carbonyl (C=O) groups excluding carboxylic acids is 1. The van der Waals surface area contributed by atoms with Crippen LogP contribution in [0.3, 0.4) is 0 Å². The fourth-order valence-electron chi connectivity index (χ4n) is 3.64. The van der Waals surface area contributed by atoms with Gasteiger partial charge >= 0.3 is 0 Å². The first-order chi connectivity index (χ1) is 9.71. The predicted octanol–water partition coefficient (Wildman–Crippen LogP) is 0.618. The van der Waals surface area contributed by atoms with E-state index in [2.05, 4.69) is 10.6 Å². The van der Waals surface area contributed by atoms with Gasteiger partial charge in [-0.15, -0.1) is 0 Å². The van der Waals surface area contributed by atoms with E-state index in [4.69, 9.17) is 0 Å². The summed E-state index contributed by atoms with van der Waals surface area (Å²) in [5, 5.41) is 17.4. The number of piperidine rings is 1. The van der Waals surface area contributed by atoms with E-state index in [1.165, 1.54) is 0 Å². The van der Waals surface area contributed by atoms with Crippen molar-refractivity contribution in [2.75, 3.05) is 13.1 Å². The molecule has 1 aromatic rings. The summed E-state index contributed by atoms with van der Waals surface area (Å²) in [6.07, 6.45) is 1.86. The number of aliphatic hydroxyl groups is 1. The lowest BCUT2D eigenvalue weighted by Crippen LogP contribution is -2.48. The molecule has 4 rings (SSSR count). The van der Waals surface area contributed by atoms with Gasteiger partial charge in [0.05, 0.1) is 0 Å². The van der Waals surface area contributed by atoms with E-state index >= 15 is 0 Å². The molecule has 1 aromatic carbocycles. The van der Waals surface area contributed by atoms with E-state index in [1.54, 1.807) is 0 Å². The summed E-state index contributed by atoms with van der Waals surface area (Å²) in [4.78, 5) is 12.6. The SMILES string of the molecule is O=C(NC1C2CNC[C@@H]21)C(O)(c1ccccc1)C1CC1. The number of fused-ring (bicyclic) bond motifs is 1.